The van der Waals surface area contributed by atoms with Gasteiger partial charge in [0.2, 0.25) is 11.8 Å². The zero-order valence-electron chi connectivity index (χ0n) is 19.1. The van der Waals surface area contributed by atoms with Crippen LogP contribution in [-0.2, 0) is 22.6 Å². The summed E-state index contributed by atoms with van der Waals surface area (Å²) in [4.78, 5) is 32.2. The summed E-state index contributed by atoms with van der Waals surface area (Å²) in [5.41, 5.74) is 3.26. The van der Waals surface area contributed by atoms with Gasteiger partial charge in [0.1, 0.15) is 17.3 Å². The molecule has 3 aromatic carbocycles. The van der Waals surface area contributed by atoms with Crippen molar-refractivity contribution in [3.8, 4) is 17.0 Å². The molecule has 178 valence electrons. The smallest absolute Gasteiger partial charge is 0.244 e. The Morgan fingerprint density at radius 2 is 1.71 bits per heavy atom. The first-order chi connectivity index (χ1) is 17.0. The predicted octanol–water partition coefficient (Wildman–Crippen LogP) is 5.68. The maximum atomic E-state index is 13.2. The molecule has 1 aromatic heterocycles. The molecule has 0 saturated carbocycles. The number of rotatable bonds is 9. The molecule has 0 saturated heterocycles. The number of aromatic nitrogens is 1. The number of methoxy groups -OCH3 is 1. The molecule has 1 N–H and O–H groups in total. The summed E-state index contributed by atoms with van der Waals surface area (Å²) in [5, 5.41) is 6.19. The number of ether oxygens (including phenoxy) is 1. The van der Waals surface area contributed by atoms with Gasteiger partial charge in [-0.05, 0) is 42.0 Å². The van der Waals surface area contributed by atoms with E-state index >= 15 is 0 Å². The highest BCUT2D eigenvalue weighted by atomic mass is 35.5. The zero-order valence-corrected chi connectivity index (χ0v) is 20.7. The number of hydrogen-bond donors (Lipinski definition) is 1. The number of amides is 2. The monoisotopic (exact) mass is 505 g/mol. The minimum atomic E-state index is -0.286. The molecule has 0 spiro atoms. The highest BCUT2D eigenvalue weighted by molar-refractivity contribution is 7.09. The van der Waals surface area contributed by atoms with Crippen LogP contribution in [0.1, 0.15) is 10.6 Å². The summed E-state index contributed by atoms with van der Waals surface area (Å²) in [6, 6.07) is 24.0. The molecule has 0 aliphatic heterocycles. The molecule has 35 heavy (non-hydrogen) atoms. The molecule has 8 heteroatoms. The first-order valence-electron chi connectivity index (χ1n) is 11.0. The predicted molar refractivity (Wildman–Crippen MR) is 140 cm³/mol. The van der Waals surface area contributed by atoms with Gasteiger partial charge in [-0.2, -0.15) is 0 Å². The van der Waals surface area contributed by atoms with Gasteiger partial charge >= 0.3 is 0 Å². The lowest BCUT2D eigenvalue weighted by atomic mass is 10.1. The topological polar surface area (TPSA) is 71.5 Å². The van der Waals surface area contributed by atoms with Gasteiger partial charge in [0.15, 0.2) is 0 Å². The van der Waals surface area contributed by atoms with E-state index in [4.69, 9.17) is 16.3 Å². The summed E-state index contributed by atoms with van der Waals surface area (Å²) in [7, 11) is 1.58. The van der Waals surface area contributed by atoms with E-state index in [2.05, 4.69) is 10.3 Å². The molecular weight excluding hydrogens is 482 g/mol. The fraction of sp³-hybridized carbons (Fsp3) is 0.148. The van der Waals surface area contributed by atoms with E-state index in [0.717, 1.165) is 21.8 Å². The molecule has 0 bridgehead atoms. The summed E-state index contributed by atoms with van der Waals surface area (Å²) < 4.78 is 5.15. The molecule has 0 atom stereocenters. The van der Waals surface area contributed by atoms with E-state index in [1.807, 2.05) is 60.0 Å². The van der Waals surface area contributed by atoms with Crippen LogP contribution in [0.5, 0.6) is 5.75 Å². The molecule has 1 heterocycles. The number of nitrogens with zero attached hydrogens (tertiary/aromatic N) is 2. The van der Waals surface area contributed by atoms with Crippen molar-refractivity contribution in [3.63, 3.8) is 0 Å². The Morgan fingerprint density at radius 3 is 2.40 bits per heavy atom. The Balaban J connectivity index is 1.48. The molecule has 0 aliphatic rings. The maximum absolute atomic E-state index is 13.2. The summed E-state index contributed by atoms with van der Waals surface area (Å²) in [6.07, 6.45) is 0.200. The highest BCUT2D eigenvalue weighted by Crippen LogP contribution is 2.24. The van der Waals surface area contributed by atoms with Crippen LogP contribution in [0.25, 0.3) is 11.3 Å². The Labute approximate surface area is 213 Å². The second-order valence-corrected chi connectivity index (χ2v) is 9.20. The summed E-state index contributed by atoms with van der Waals surface area (Å²) >= 11 is 7.44. The average Bonchev–Trinajstić information content (AvgIpc) is 3.33. The molecule has 0 fully saturated rings. The number of hydrogen-bond acceptors (Lipinski definition) is 5. The second kappa shape index (κ2) is 11.6. The minimum absolute atomic E-state index is 0.0897. The summed E-state index contributed by atoms with van der Waals surface area (Å²) in [5.74, 6) is 0.262. The van der Waals surface area contributed by atoms with Gasteiger partial charge in [0.25, 0.3) is 0 Å². The van der Waals surface area contributed by atoms with Crippen LogP contribution in [0, 0.1) is 0 Å². The SMILES string of the molecule is COc1ccc(NC(=O)CN(Cc2nc(-c3ccc(Cl)cc3)cs2)C(=O)Cc2ccccc2)cc1. The Morgan fingerprint density at radius 1 is 1.00 bits per heavy atom. The lowest BCUT2D eigenvalue weighted by molar-refractivity contribution is -0.134. The van der Waals surface area contributed by atoms with Crippen LogP contribution in [0.3, 0.4) is 0 Å². The Bertz CT molecular complexity index is 1280. The molecule has 6 nitrogen and oxygen atoms in total. The van der Waals surface area contributed by atoms with Crippen LogP contribution in [0.2, 0.25) is 5.02 Å². The Kier molecular flexibility index (Phi) is 8.13. The van der Waals surface area contributed by atoms with Crippen LogP contribution in [0.15, 0.2) is 84.2 Å². The van der Waals surface area contributed by atoms with Crippen LogP contribution >= 0.6 is 22.9 Å². The van der Waals surface area contributed by atoms with Gasteiger partial charge < -0.3 is 15.0 Å². The van der Waals surface area contributed by atoms with Crippen LogP contribution in [-0.4, -0.2) is 35.4 Å². The Hall–Kier alpha value is -3.68. The standard InChI is InChI=1S/C27H24ClN3O3S/c1-34-23-13-11-22(12-14-23)29-25(32)16-31(27(33)15-19-5-3-2-4-6-19)17-26-30-24(18-35-26)20-7-9-21(28)10-8-20/h2-14,18H,15-17H2,1H3,(H,29,32). The lowest BCUT2D eigenvalue weighted by Gasteiger charge is -2.21. The highest BCUT2D eigenvalue weighted by Gasteiger charge is 2.20. The molecule has 4 aromatic rings. The first kappa shape index (κ1) is 24.4. The number of thiazole rings is 1. The van der Waals surface area contributed by atoms with E-state index in [1.165, 1.54) is 16.2 Å². The van der Waals surface area contributed by atoms with Crippen LogP contribution < -0.4 is 10.1 Å². The van der Waals surface area contributed by atoms with Crippen molar-refractivity contribution in [2.45, 2.75) is 13.0 Å². The van der Waals surface area contributed by atoms with Gasteiger partial charge in [-0.15, -0.1) is 11.3 Å². The molecular formula is C27H24ClN3O3S. The van der Waals surface area contributed by atoms with Crippen molar-refractivity contribution in [1.82, 2.24) is 9.88 Å². The van der Waals surface area contributed by atoms with Crippen molar-refractivity contribution in [2.24, 2.45) is 0 Å². The first-order valence-corrected chi connectivity index (χ1v) is 12.2. The average molecular weight is 506 g/mol. The zero-order chi connectivity index (χ0) is 24.6. The van der Waals surface area contributed by atoms with E-state index in [9.17, 15) is 9.59 Å². The van der Waals surface area contributed by atoms with Crippen molar-refractivity contribution in [1.29, 1.82) is 0 Å². The van der Waals surface area contributed by atoms with Crippen molar-refractivity contribution in [3.05, 3.63) is 99.8 Å². The van der Waals surface area contributed by atoms with Gasteiger partial charge in [-0.1, -0.05) is 54.1 Å². The van der Waals surface area contributed by atoms with Crippen molar-refractivity contribution in [2.75, 3.05) is 19.0 Å². The van der Waals surface area contributed by atoms with E-state index in [1.54, 1.807) is 31.4 Å². The maximum Gasteiger partial charge on any atom is 0.244 e. The fourth-order valence-electron chi connectivity index (χ4n) is 3.46. The van der Waals surface area contributed by atoms with Crippen molar-refractivity contribution >= 4 is 40.4 Å². The lowest BCUT2D eigenvalue weighted by Crippen LogP contribution is -2.38. The van der Waals surface area contributed by atoms with Gasteiger partial charge in [0, 0.05) is 21.7 Å². The molecule has 0 aliphatic carbocycles. The van der Waals surface area contributed by atoms with E-state index < -0.39 is 0 Å². The number of halogens is 1. The molecule has 4 rings (SSSR count). The van der Waals surface area contributed by atoms with Gasteiger partial charge in [0.05, 0.1) is 25.8 Å². The molecule has 0 unspecified atom stereocenters. The molecule has 0 radical (unpaired) electrons. The number of anilines is 1. The fourth-order valence-corrected chi connectivity index (χ4v) is 4.41. The number of carbonyl (C=O) groups excluding carboxylic acids is 2. The second-order valence-electron chi connectivity index (χ2n) is 7.82. The van der Waals surface area contributed by atoms with Crippen molar-refractivity contribution < 1.29 is 14.3 Å². The summed E-state index contributed by atoms with van der Waals surface area (Å²) in [6.45, 7) is 0.146. The minimum Gasteiger partial charge on any atom is -0.497 e. The van der Waals surface area contributed by atoms with Gasteiger partial charge in [-0.3, -0.25) is 9.59 Å². The quantitative estimate of drug-likeness (QED) is 0.317. The third-order valence-corrected chi connectivity index (χ3v) is 6.36. The van der Waals surface area contributed by atoms with E-state index in [-0.39, 0.29) is 31.3 Å². The number of nitrogens with one attached hydrogen (secondary N) is 1. The third-order valence-electron chi connectivity index (χ3n) is 5.28. The van der Waals surface area contributed by atoms with Crippen LogP contribution in [0.4, 0.5) is 5.69 Å². The normalized spacial score (nSPS) is 10.6. The number of benzene rings is 3. The number of carbonyl (C=O) groups is 2. The van der Waals surface area contributed by atoms with E-state index in [0.29, 0.717) is 16.5 Å². The third kappa shape index (κ3) is 6.91. The largest absolute Gasteiger partial charge is 0.497 e. The molecule has 2 amide bonds. The van der Waals surface area contributed by atoms with Gasteiger partial charge in [-0.25, -0.2) is 4.98 Å².